The minimum absolute atomic E-state index is 0.00842. The maximum Gasteiger partial charge on any atom is 0.350 e. The molecule has 13 heteroatoms. The molecule has 2 aliphatic rings. The van der Waals surface area contributed by atoms with E-state index in [4.69, 9.17) is 9.47 Å². The van der Waals surface area contributed by atoms with Crippen LogP contribution < -0.4 is 11.2 Å². The van der Waals surface area contributed by atoms with E-state index in [1.54, 1.807) is 36.4 Å². The Morgan fingerprint density at radius 2 is 1.39 bits per heavy atom. The molecule has 0 bridgehead atoms. The number of rotatable bonds is 8. The van der Waals surface area contributed by atoms with Crippen LogP contribution in [0.5, 0.6) is 0 Å². The van der Waals surface area contributed by atoms with E-state index in [2.05, 4.69) is 0 Å². The number of halogens is 1. The van der Waals surface area contributed by atoms with E-state index in [0.717, 1.165) is 15.7 Å². The van der Waals surface area contributed by atoms with Crippen LogP contribution in [0, 0.1) is 3.57 Å². The monoisotopic (exact) mass is 576 g/mol. The third kappa shape index (κ3) is 4.82. The molecule has 3 heterocycles. The Hall–Kier alpha value is -2.71. The van der Waals surface area contributed by atoms with Crippen LogP contribution in [0.15, 0.2) is 15.8 Å². The lowest BCUT2D eigenvalue weighted by Gasteiger charge is -2.30. The summed E-state index contributed by atoms with van der Waals surface area (Å²) in [4.78, 5) is 79.5. The van der Waals surface area contributed by atoms with Gasteiger partial charge >= 0.3 is 17.6 Å². The molecule has 0 aromatic carbocycles. The normalized spacial score (nSPS) is 17.9. The highest BCUT2D eigenvalue weighted by Crippen LogP contribution is 2.24. The summed E-state index contributed by atoms with van der Waals surface area (Å²) in [5.74, 6) is -2.53. The molecule has 1 aromatic heterocycles. The van der Waals surface area contributed by atoms with Gasteiger partial charge in [-0.1, -0.05) is 0 Å². The van der Waals surface area contributed by atoms with Crippen LogP contribution in [0.2, 0.25) is 0 Å². The minimum atomic E-state index is -1.63. The van der Waals surface area contributed by atoms with Crippen molar-refractivity contribution in [2.45, 2.75) is 51.9 Å². The third-order valence-electron chi connectivity index (χ3n) is 5.42. The maximum atomic E-state index is 13.6. The van der Waals surface area contributed by atoms with Crippen molar-refractivity contribution in [2.24, 2.45) is 0 Å². The number of carbonyl (C=O) groups excluding carboxylic acids is 4. The van der Waals surface area contributed by atoms with Gasteiger partial charge in [0.2, 0.25) is 24.1 Å². The standard InChI is InChI=1S/C20H25IN4O8/c1-3-32-18(29)15(22-9-5-7-13(22)26)24-11-12(21)17(28)25(20(24)31)16(19(30)33-4-2)23-10-6-8-14(23)27/h11,15-16H,3-10H2,1-2H3. The topological polar surface area (TPSA) is 137 Å². The number of likely N-dealkylation sites (tertiary alicyclic amines) is 2. The van der Waals surface area contributed by atoms with Crippen LogP contribution in [0.1, 0.15) is 51.9 Å². The fourth-order valence-electron chi connectivity index (χ4n) is 4.00. The molecule has 180 valence electrons. The molecule has 2 fully saturated rings. The Balaban J connectivity index is 2.23. The zero-order chi connectivity index (χ0) is 24.3. The Morgan fingerprint density at radius 1 is 0.909 bits per heavy atom. The van der Waals surface area contributed by atoms with Gasteiger partial charge in [0.15, 0.2) is 0 Å². The Labute approximate surface area is 202 Å². The first-order chi connectivity index (χ1) is 15.7. The lowest BCUT2D eigenvalue weighted by atomic mass is 10.3. The predicted molar refractivity (Wildman–Crippen MR) is 121 cm³/mol. The molecule has 2 unspecified atom stereocenters. The first-order valence-electron chi connectivity index (χ1n) is 10.7. The highest BCUT2D eigenvalue weighted by molar-refractivity contribution is 14.1. The molecule has 2 saturated heterocycles. The first-order valence-corrected chi connectivity index (χ1v) is 11.8. The van der Waals surface area contributed by atoms with Gasteiger partial charge in [0.25, 0.3) is 5.56 Å². The molecule has 0 spiro atoms. The Kier molecular flexibility index (Phi) is 7.92. The number of esters is 2. The summed E-state index contributed by atoms with van der Waals surface area (Å²) in [7, 11) is 0. The van der Waals surface area contributed by atoms with Crippen LogP contribution in [-0.2, 0) is 28.7 Å². The smallest absolute Gasteiger partial charge is 0.350 e. The SMILES string of the molecule is CCOC(=O)C(N1CCCC1=O)n1cc(I)c(=O)n(C(C(=O)OCC)N2CCCC2=O)c1=O. The van der Waals surface area contributed by atoms with Crippen LogP contribution in [-0.4, -0.2) is 69.0 Å². The second-order valence-electron chi connectivity index (χ2n) is 7.47. The zero-order valence-electron chi connectivity index (χ0n) is 18.3. The van der Waals surface area contributed by atoms with Gasteiger partial charge in [-0.05, 0) is 49.3 Å². The maximum absolute atomic E-state index is 13.6. The van der Waals surface area contributed by atoms with E-state index in [1.807, 2.05) is 0 Å². The second-order valence-corrected chi connectivity index (χ2v) is 8.64. The van der Waals surface area contributed by atoms with Gasteiger partial charge in [0.05, 0.1) is 16.8 Å². The number of carbonyl (C=O) groups is 4. The van der Waals surface area contributed by atoms with E-state index in [-0.39, 0.29) is 48.6 Å². The average Bonchev–Trinajstić information content (AvgIpc) is 3.38. The zero-order valence-corrected chi connectivity index (χ0v) is 20.5. The van der Waals surface area contributed by atoms with Gasteiger partial charge in [0, 0.05) is 32.1 Å². The van der Waals surface area contributed by atoms with E-state index < -0.39 is 41.4 Å². The summed E-state index contributed by atoms with van der Waals surface area (Å²) in [6.45, 7) is 3.51. The van der Waals surface area contributed by atoms with Gasteiger partial charge in [-0.2, -0.15) is 0 Å². The molecule has 12 nitrogen and oxygen atoms in total. The van der Waals surface area contributed by atoms with E-state index in [9.17, 15) is 28.8 Å². The van der Waals surface area contributed by atoms with E-state index >= 15 is 0 Å². The molecule has 0 saturated carbocycles. The number of nitrogens with zero attached hydrogens (tertiary/aromatic N) is 4. The van der Waals surface area contributed by atoms with Crippen molar-refractivity contribution in [1.29, 1.82) is 0 Å². The third-order valence-corrected chi connectivity index (χ3v) is 6.16. The highest BCUT2D eigenvalue weighted by Gasteiger charge is 2.41. The second kappa shape index (κ2) is 10.5. The molecule has 1 aromatic rings. The van der Waals surface area contributed by atoms with Crippen molar-refractivity contribution in [2.75, 3.05) is 26.3 Å². The fraction of sp³-hybridized carbons (Fsp3) is 0.600. The highest BCUT2D eigenvalue weighted by atomic mass is 127. The Bertz CT molecular complexity index is 1080. The van der Waals surface area contributed by atoms with Gasteiger partial charge in [-0.25, -0.2) is 19.0 Å². The van der Waals surface area contributed by atoms with Crippen molar-refractivity contribution in [3.8, 4) is 0 Å². The molecule has 33 heavy (non-hydrogen) atoms. The number of hydrogen-bond donors (Lipinski definition) is 0. The van der Waals surface area contributed by atoms with Crippen LogP contribution in [0.25, 0.3) is 0 Å². The molecule has 2 aliphatic heterocycles. The van der Waals surface area contributed by atoms with Crippen molar-refractivity contribution in [3.63, 3.8) is 0 Å². The van der Waals surface area contributed by atoms with Crippen molar-refractivity contribution in [3.05, 3.63) is 30.6 Å². The molecular weight excluding hydrogens is 551 g/mol. The van der Waals surface area contributed by atoms with Gasteiger partial charge < -0.3 is 19.3 Å². The Morgan fingerprint density at radius 3 is 1.85 bits per heavy atom. The molecule has 2 amide bonds. The van der Waals surface area contributed by atoms with Gasteiger partial charge in [-0.3, -0.25) is 19.0 Å². The number of amides is 2. The summed E-state index contributed by atoms with van der Waals surface area (Å²) in [5.41, 5.74) is -1.85. The van der Waals surface area contributed by atoms with Crippen LogP contribution >= 0.6 is 22.6 Å². The van der Waals surface area contributed by atoms with Crippen molar-refractivity contribution >= 4 is 46.3 Å². The van der Waals surface area contributed by atoms with Crippen LogP contribution in [0.4, 0.5) is 0 Å². The summed E-state index contributed by atoms with van der Waals surface area (Å²) in [6, 6.07) is 0. The van der Waals surface area contributed by atoms with Gasteiger partial charge in [-0.15, -0.1) is 0 Å². The lowest BCUT2D eigenvalue weighted by Crippen LogP contribution is -2.54. The summed E-state index contributed by atoms with van der Waals surface area (Å²) >= 11 is 1.68. The number of aromatic nitrogens is 2. The first kappa shape index (κ1) is 24.9. The summed E-state index contributed by atoms with van der Waals surface area (Å²) in [5, 5.41) is 0. The van der Waals surface area contributed by atoms with Gasteiger partial charge in [0.1, 0.15) is 0 Å². The molecule has 3 rings (SSSR count). The quantitative estimate of drug-likeness (QED) is 0.311. The minimum Gasteiger partial charge on any atom is -0.463 e. The summed E-state index contributed by atoms with van der Waals surface area (Å²) < 4.78 is 11.7. The molecule has 0 N–H and O–H groups in total. The number of hydrogen-bond acceptors (Lipinski definition) is 8. The van der Waals surface area contributed by atoms with E-state index in [1.165, 1.54) is 4.90 Å². The largest absolute Gasteiger partial charge is 0.463 e. The van der Waals surface area contributed by atoms with Crippen molar-refractivity contribution in [1.82, 2.24) is 18.9 Å². The molecule has 0 radical (unpaired) electrons. The lowest BCUT2D eigenvalue weighted by molar-refractivity contribution is -0.159. The summed E-state index contributed by atoms with van der Waals surface area (Å²) in [6.07, 6.45) is -0.610. The van der Waals surface area contributed by atoms with Crippen LogP contribution in [0.3, 0.4) is 0 Å². The molecule has 2 atom stereocenters. The average molecular weight is 576 g/mol. The number of ether oxygens (including phenoxy) is 2. The predicted octanol–water partition coefficient (Wildman–Crippen LogP) is -0.0172. The van der Waals surface area contributed by atoms with E-state index in [0.29, 0.717) is 17.4 Å². The molecular formula is C20H25IN4O8. The molecule has 0 aliphatic carbocycles. The van der Waals surface area contributed by atoms with Crippen molar-refractivity contribution < 1.29 is 28.7 Å². The fourth-order valence-corrected chi connectivity index (χ4v) is 4.56.